The van der Waals surface area contributed by atoms with Crippen LogP contribution in [0.2, 0.25) is 5.02 Å². The minimum absolute atomic E-state index is 0.418. The average Bonchev–Trinajstić information content (AvgIpc) is 2.51. The van der Waals surface area contributed by atoms with Crippen LogP contribution in [0, 0.1) is 11.3 Å². The van der Waals surface area contributed by atoms with Gasteiger partial charge in [0.2, 0.25) is 0 Å². The van der Waals surface area contributed by atoms with Gasteiger partial charge in [-0.3, -0.25) is 0 Å². The monoisotopic (exact) mass is 301 g/mol. The van der Waals surface area contributed by atoms with Crippen LogP contribution in [0.25, 0.3) is 0 Å². The third-order valence-corrected chi connectivity index (χ3v) is 3.29. The first kappa shape index (κ1) is 15.4. The molecule has 3 nitrogen and oxygen atoms in total. The van der Waals surface area contributed by atoms with Crippen molar-refractivity contribution in [2.24, 2.45) is 0 Å². The lowest BCUT2D eigenvalue weighted by Crippen LogP contribution is -2.06. The largest absolute Gasteiger partial charge is 0.491 e. The molecule has 0 N–H and O–H groups in total. The Kier molecular flexibility index (Phi) is 6.08. The Morgan fingerprint density at radius 2 is 1.76 bits per heavy atom. The van der Waals surface area contributed by atoms with Crippen molar-refractivity contribution in [2.75, 3.05) is 13.2 Å². The van der Waals surface area contributed by atoms with Crippen molar-refractivity contribution in [3.63, 3.8) is 0 Å². The van der Waals surface area contributed by atoms with Gasteiger partial charge in [-0.15, -0.1) is 0 Å². The lowest BCUT2D eigenvalue weighted by Gasteiger charge is -2.08. The maximum Gasteiger partial charge on any atom is 0.119 e. The van der Waals surface area contributed by atoms with Crippen molar-refractivity contribution in [1.29, 1.82) is 5.26 Å². The van der Waals surface area contributed by atoms with Crippen molar-refractivity contribution in [1.82, 2.24) is 0 Å². The molecule has 0 aliphatic heterocycles. The number of ether oxygens (including phenoxy) is 2. The van der Waals surface area contributed by atoms with Crippen LogP contribution in [0.5, 0.6) is 5.75 Å². The highest BCUT2D eigenvalue weighted by atomic mass is 35.5. The van der Waals surface area contributed by atoms with E-state index in [1.165, 1.54) is 0 Å². The molecular weight excluding hydrogens is 286 g/mol. The Morgan fingerprint density at radius 1 is 1.00 bits per heavy atom. The molecule has 0 atom stereocenters. The first-order valence-corrected chi connectivity index (χ1v) is 7.07. The van der Waals surface area contributed by atoms with Crippen LogP contribution < -0.4 is 4.74 Å². The van der Waals surface area contributed by atoms with Crippen molar-refractivity contribution in [3.8, 4) is 11.8 Å². The summed E-state index contributed by atoms with van der Waals surface area (Å²) in [4.78, 5) is 0. The Balaban J connectivity index is 1.68. The first-order valence-electron chi connectivity index (χ1n) is 6.69. The van der Waals surface area contributed by atoms with E-state index in [0.717, 1.165) is 16.9 Å². The Hall–Kier alpha value is -2.02. The summed E-state index contributed by atoms with van der Waals surface area (Å²) < 4.78 is 11.1. The lowest BCUT2D eigenvalue weighted by atomic mass is 10.2. The van der Waals surface area contributed by atoms with E-state index in [1.807, 2.05) is 48.5 Å². The molecule has 2 rings (SSSR count). The molecule has 108 valence electrons. The molecule has 0 unspecified atom stereocenters. The van der Waals surface area contributed by atoms with Crippen LogP contribution in [-0.4, -0.2) is 13.2 Å². The van der Waals surface area contributed by atoms with Crippen LogP contribution in [0.1, 0.15) is 11.1 Å². The van der Waals surface area contributed by atoms with E-state index in [9.17, 15) is 0 Å². The Morgan fingerprint density at radius 3 is 2.48 bits per heavy atom. The van der Waals surface area contributed by atoms with Gasteiger partial charge in [0.05, 0.1) is 25.7 Å². The van der Waals surface area contributed by atoms with Crippen LogP contribution in [0.3, 0.4) is 0 Å². The van der Waals surface area contributed by atoms with Gasteiger partial charge in [-0.1, -0.05) is 41.9 Å². The fourth-order valence-electron chi connectivity index (χ4n) is 1.81. The normalized spacial score (nSPS) is 10.1. The maximum absolute atomic E-state index is 8.60. The number of hydrogen-bond donors (Lipinski definition) is 0. The van der Waals surface area contributed by atoms with Gasteiger partial charge in [-0.05, 0) is 29.3 Å². The van der Waals surface area contributed by atoms with Gasteiger partial charge in [0.25, 0.3) is 0 Å². The van der Waals surface area contributed by atoms with Crippen LogP contribution in [0.15, 0.2) is 48.5 Å². The molecule has 2 aromatic rings. The number of nitrogens with zero attached hydrogens (tertiary/aromatic N) is 1. The number of halogens is 1. The summed E-state index contributed by atoms with van der Waals surface area (Å²) in [5.41, 5.74) is 1.96. The third-order valence-electron chi connectivity index (χ3n) is 2.92. The zero-order valence-corrected chi connectivity index (χ0v) is 12.3. The molecule has 4 heteroatoms. The minimum atomic E-state index is 0.418. The van der Waals surface area contributed by atoms with E-state index in [4.69, 9.17) is 26.3 Å². The van der Waals surface area contributed by atoms with Crippen LogP contribution in [-0.2, 0) is 17.8 Å². The van der Waals surface area contributed by atoms with Crippen molar-refractivity contribution < 1.29 is 9.47 Å². The second-order valence-corrected chi connectivity index (χ2v) is 4.88. The quantitative estimate of drug-likeness (QED) is 0.726. The van der Waals surface area contributed by atoms with Gasteiger partial charge >= 0.3 is 0 Å². The molecule has 0 amide bonds. The standard InChI is InChI=1S/C17H16ClNO2/c18-17-4-2-1-3-15(17)13-20-11-12-21-16-7-5-14(6-8-16)9-10-19/h1-8H,9,11-13H2. The van der Waals surface area contributed by atoms with Crippen molar-refractivity contribution in [3.05, 3.63) is 64.7 Å². The highest BCUT2D eigenvalue weighted by Crippen LogP contribution is 2.16. The van der Waals surface area contributed by atoms with Gasteiger partial charge < -0.3 is 9.47 Å². The molecule has 0 aromatic heterocycles. The first-order chi connectivity index (χ1) is 10.3. The maximum atomic E-state index is 8.60. The SMILES string of the molecule is N#CCc1ccc(OCCOCc2ccccc2Cl)cc1. The smallest absolute Gasteiger partial charge is 0.119 e. The van der Waals surface area contributed by atoms with E-state index in [2.05, 4.69) is 6.07 Å². The van der Waals surface area contributed by atoms with Gasteiger partial charge in [-0.2, -0.15) is 5.26 Å². The van der Waals surface area contributed by atoms with E-state index in [1.54, 1.807) is 0 Å². The summed E-state index contributed by atoms with van der Waals surface area (Å²) in [6, 6.07) is 17.2. The zero-order valence-electron chi connectivity index (χ0n) is 11.6. The molecule has 0 saturated carbocycles. The number of rotatable bonds is 7. The van der Waals surface area contributed by atoms with E-state index in [0.29, 0.717) is 31.3 Å². The average molecular weight is 302 g/mol. The topological polar surface area (TPSA) is 42.2 Å². The Bertz CT molecular complexity index is 605. The zero-order chi connectivity index (χ0) is 14.9. The number of nitriles is 1. The van der Waals surface area contributed by atoms with Crippen molar-refractivity contribution >= 4 is 11.6 Å². The third kappa shape index (κ3) is 5.11. The summed E-state index contributed by atoms with van der Waals surface area (Å²) in [5.74, 6) is 0.776. The van der Waals surface area contributed by atoms with Crippen molar-refractivity contribution in [2.45, 2.75) is 13.0 Å². The molecule has 0 heterocycles. The van der Waals surface area contributed by atoms with Gasteiger partial charge in [0, 0.05) is 5.02 Å². The lowest BCUT2D eigenvalue weighted by molar-refractivity contribution is 0.0889. The summed E-state index contributed by atoms with van der Waals surface area (Å²) >= 11 is 6.04. The summed E-state index contributed by atoms with van der Waals surface area (Å²) in [5, 5.41) is 9.31. The summed E-state index contributed by atoms with van der Waals surface area (Å²) in [7, 11) is 0. The molecule has 0 radical (unpaired) electrons. The molecular formula is C17H16ClNO2. The molecule has 0 aliphatic rings. The Labute approximate surface area is 129 Å². The highest BCUT2D eigenvalue weighted by Gasteiger charge is 1.99. The molecule has 0 bridgehead atoms. The van der Waals surface area contributed by atoms with Gasteiger partial charge in [-0.25, -0.2) is 0 Å². The fourth-order valence-corrected chi connectivity index (χ4v) is 2.00. The fraction of sp³-hybridized carbons (Fsp3) is 0.235. The molecule has 0 saturated heterocycles. The van der Waals surface area contributed by atoms with Gasteiger partial charge in [0.15, 0.2) is 0 Å². The number of benzene rings is 2. The van der Waals surface area contributed by atoms with E-state index in [-0.39, 0.29) is 0 Å². The van der Waals surface area contributed by atoms with E-state index < -0.39 is 0 Å². The highest BCUT2D eigenvalue weighted by molar-refractivity contribution is 6.31. The predicted octanol–water partition coefficient (Wildman–Crippen LogP) is 4.00. The molecule has 21 heavy (non-hydrogen) atoms. The second kappa shape index (κ2) is 8.31. The van der Waals surface area contributed by atoms with Gasteiger partial charge in [0.1, 0.15) is 12.4 Å². The molecule has 0 aliphatic carbocycles. The molecule has 0 fully saturated rings. The second-order valence-electron chi connectivity index (χ2n) is 4.47. The summed E-state index contributed by atoms with van der Waals surface area (Å²) in [6.45, 7) is 1.44. The van der Waals surface area contributed by atoms with Crippen LogP contribution >= 0.6 is 11.6 Å². The number of hydrogen-bond acceptors (Lipinski definition) is 3. The van der Waals surface area contributed by atoms with Crippen LogP contribution in [0.4, 0.5) is 0 Å². The predicted molar refractivity (Wildman–Crippen MR) is 82.4 cm³/mol. The molecule has 0 spiro atoms. The molecule has 2 aromatic carbocycles. The van der Waals surface area contributed by atoms with E-state index >= 15 is 0 Å². The minimum Gasteiger partial charge on any atom is -0.491 e. The summed E-state index contributed by atoms with van der Waals surface area (Å²) in [6.07, 6.45) is 0.418.